The molecule has 0 aromatic heterocycles. The fourth-order valence-electron chi connectivity index (χ4n) is 2.25. The van der Waals surface area contributed by atoms with Crippen LogP contribution in [0.4, 0.5) is 0 Å². The molecule has 0 saturated carbocycles. The summed E-state index contributed by atoms with van der Waals surface area (Å²) in [7, 11) is 0. The molecule has 0 atom stereocenters. The van der Waals surface area contributed by atoms with Crippen LogP contribution in [-0.2, 0) is 0 Å². The second-order valence-electron chi connectivity index (χ2n) is 4.67. The van der Waals surface area contributed by atoms with Crippen molar-refractivity contribution >= 4 is 0 Å². The highest BCUT2D eigenvalue weighted by molar-refractivity contribution is 4.68. The first kappa shape index (κ1) is 13.9. The molecule has 0 bridgehead atoms. The second-order valence-corrected chi connectivity index (χ2v) is 4.67. The molecule has 1 saturated heterocycles. The summed E-state index contributed by atoms with van der Waals surface area (Å²) in [6.07, 6.45) is 4.90. The van der Waals surface area contributed by atoms with Crippen LogP contribution < -0.4 is 11.5 Å². The predicted octanol–water partition coefficient (Wildman–Crippen LogP) is 0.0818. The Morgan fingerprint density at radius 3 is 1.50 bits per heavy atom. The SMILES string of the molecule is NCCCN1CCCCN(CCCN)CC1. The fraction of sp³-hybridized carbons (Fsp3) is 1.00. The van der Waals surface area contributed by atoms with E-state index in [0.29, 0.717) is 0 Å². The van der Waals surface area contributed by atoms with Gasteiger partial charge in [0.15, 0.2) is 0 Å². The summed E-state index contributed by atoms with van der Waals surface area (Å²) >= 11 is 0. The van der Waals surface area contributed by atoms with Crippen molar-refractivity contribution in [3.63, 3.8) is 0 Å². The second kappa shape index (κ2) is 8.93. The van der Waals surface area contributed by atoms with E-state index in [1.807, 2.05) is 0 Å². The smallest absolute Gasteiger partial charge is 0.0109 e. The van der Waals surface area contributed by atoms with Crippen molar-refractivity contribution in [1.29, 1.82) is 0 Å². The van der Waals surface area contributed by atoms with Crippen molar-refractivity contribution < 1.29 is 0 Å². The van der Waals surface area contributed by atoms with Crippen LogP contribution in [0.3, 0.4) is 0 Å². The summed E-state index contributed by atoms with van der Waals surface area (Å²) in [5.74, 6) is 0. The van der Waals surface area contributed by atoms with Crippen LogP contribution in [0.2, 0.25) is 0 Å². The van der Waals surface area contributed by atoms with Crippen LogP contribution in [0.15, 0.2) is 0 Å². The van der Waals surface area contributed by atoms with E-state index >= 15 is 0 Å². The van der Waals surface area contributed by atoms with Gasteiger partial charge >= 0.3 is 0 Å². The van der Waals surface area contributed by atoms with Gasteiger partial charge in [0.25, 0.3) is 0 Å². The van der Waals surface area contributed by atoms with E-state index in [0.717, 1.165) is 25.9 Å². The lowest BCUT2D eigenvalue weighted by Gasteiger charge is -2.30. The lowest BCUT2D eigenvalue weighted by atomic mass is 10.2. The molecule has 1 aliphatic rings. The van der Waals surface area contributed by atoms with Crippen LogP contribution >= 0.6 is 0 Å². The normalized spacial score (nSPS) is 20.6. The Kier molecular flexibility index (Phi) is 7.76. The summed E-state index contributed by atoms with van der Waals surface area (Å²) < 4.78 is 0. The third-order valence-electron chi connectivity index (χ3n) is 3.29. The Labute approximate surface area is 99.9 Å². The van der Waals surface area contributed by atoms with Crippen molar-refractivity contribution in [1.82, 2.24) is 9.80 Å². The maximum atomic E-state index is 5.56. The Bertz CT molecular complexity index is 141. The Hall–Kier alpha value is -0.160. The van der Waals surface area contributed by atoms with E-state index in [4.69, 9.17) is 11.5 Å². The molecule has 0 aromatic rings. The summed E-state index contributed by atoms with van der Waals surface area (Å²) in [5, 5.41) is 0. The third kappa shape index (κ3) is 5.80. The van der Waals surface area contributed by atoms with Gasteiger partial charge in [0.05, 0.1) is 0 Å². The van der Waals surface area contributed by atoms with Crippen LogP contribution in [0.5, 0.6) is 0 Å². The van der Waals surface area contributed by atoms with Gasteiger partial charge in [-0.3, -0.25) is 0 Å². The van der Waals surface area contributed by atoms with E-state index in [1.165, 1.54) is 52.1 Å². The zero-order chi connectivity index (χ0) is 11.6. The minimum absolute atomic E-state index is 0.813. The molecule has 0 unspecified atom stereocenters. The molecule has 0 amide bonds. The first-order valence-electron chi connectivity index (χ1n) is 6.71. The molecule has 1 rings (SSSR count). The first-order chi connectivity index (χ1) is 7.86. The van der Waals surface area contributed by atoms with E-state index in [9.17, 15) is 0 Å². The average molecular weight is 228 g/mol. The van der Waals surface area contributed by atoms with Gasteiger partial charge in [0, 0.05) is 13.1 Å². The van der Waals surface area contributed by atoms with E-state index in [1.54, 1.807) is 0 Å². The number of nitrogens with zero attached hydrogens (tertiary/aromatic N) is 2. The Morgan fingerprint density at radius 2 is 1.12 bits per heavy atom. The highest BCUT2D eigenvalue weighted by Crippen LogP contribution is 2.05. The molecule has 4 nitrogen and oxygen atoms in total. The lowest BCUT2D eigenvalue weighted by molar-refractivity contribution is 0.172. The minimum Gasteiger partial charge on any atom is -0.330 e. The van der Waals surface area contributed by atoms with Gasteiger partial charge in [-0.2, -0.15) is 0 Å². The van der Waals surface area contributed by atoms with Gasteiger partial charge in [-0.05, 0) is 65.0 Å². The predicted molar refractivity (Wildman–Crippen MR) is 69.5 cm³/mol. The maximum Gasteiger partial charge on any atom is 0.0109 e. The Morgan fingerprint density at radius 1 is 0.688 bits per heavy atom. The van der Waals surface area contributed by atoms with Gasteiger partial charge < -0.3 is 21.3 Å². The summed E-state index contributed by atoms with van der Waals surface area (Å²) in [5.41, 5.74) is 11.1. The Balaban J connectivity index is 2.22. The molecule has 0 aliphatic carbocycles. The zero-order valence-corrected chi connectivity index (χ0v) is 10.5. The standard InChI is InChI=1S/C12H28N4/c13-5-3-9-15-7-1-2-8-16(12-11-15)10-4-6-14/h1-14H2. The molecule has 1 fully saturated rings. The number of nitrogens with two attached hydrogens (primary N) is 2. The maximum absolute atomic E-state index is 5.56. The number of hydrogen-bond donors (Lipinski definition) is 2. The van der Waals surface area contributed by atoms with Gasteiger partial charge in [-0.1, -0.05) is 0 Å². The zero-order valence-electron chi connectivity index (χ0n) is 10.5. The fourth-order valence-corrected chi connectivity index (χ4v) is 2.25. The number of hydrogen-bond acceptors (Lipinski definition) is 4. The first-order valence-corrected chi connectivity index (χ1v) is 6.71. The summed E-state index contributed by atoms with van der Waals surface area (Å²) in [6.45, 7) is 8.87. The van der Waals surface area contributed by atoms with E-state index in [2.05, 4.69) is 9.80 Å². The molecule has 96 valence electrons. The quantitative estimate of drug-likeness (QED) is 0.676. The summed E-state index contributed by atoms with van der Waals surface area (Å²) in [4.78, 5) is 5.11. The van der Waals surface area contributed by atoms with Crippen molar-refractivity contribution in [3.8, 4) is 0 Å². The molecule has 16 heavy (non-hydrogen) atoms. The van der Waals surface area contributed by atoms with E-state index in [-0.39, 0.29) is 0 Å². The van der Waals surface area contributed by atoms with Crippen molar-refractivity contribution in [3.05, 3.63) is 0 Å². The number of rotatable bonds is 6. The minimum atomic E-state index is 0.813. The molecule has 0 radical (unpaired) electrons. The highest BCUT2D eigenvalue weighted by Gasteiger charge is 2.12. The molecule has 0 aromatic carbocycles. The van der Waals surface area contributed by atoms with Crippen molar-refractivity contribution in [2.24, 2.45) is 11.5 Å². The molecule has 0 spiro atoms. The lowest BCUT2D eigenvalue weighted by Crippen LogP contribution is -2.40. The van der Waals surface area contributed by atoms with Crippen LogP contribution in [0, 0.1) is 0 Å². The van der Waals surface area contributed by atoms with Crippen molar-refractivity contribution in [2.75, 3.05) is 52.4 Å². The average Bonchev–Trinajstić information content (AvgIpc) is 2.27. The molecule has 1 heterocycles. The molecular weight excluding hydrogens is 200 g/mol. The largest absolute Gasteiger partial charge is 0.330 e. The van der Waals surface area contributed by atoms with Crippen LogP contribution in [0.1, 0.15) is 25.7 Å². The third-order valence-corrected chi connectivity index (χ3v) is 3.29. The molecule has 1 aliphatic heterocycles. The highest BCUT2D eigenvalue weighted by atomic mass is 15.2. The van der Waals surface area contributed by atoms with Gasteiger partial charge in [-0.15, -0.1) is 0 Å². The van der Waals surface area contributed by atoms with E-state index < -0.39 is 0 Å². The molecule has 4 heteroatoms. The monoisotopic (exact) mass is 228 g/mol. The van der Waals surface area contributed by atoms with Crippen LogP contribution in [-0.4, -0.2) is 62.2 Å². The van der Waals surface area contributed by atoms with Gasteiger partial charge in [0.1, 0.15) is 0 Å². The topological polar surface area (TPSA) is 58.5 Å². The van der Waals surface area contributed by atoms with Gasteiger partial charge in [0.2, 0.25) is 0 Å². The molecule has 4 N–H and O–H groups in total. The van der Waals surface area contributed by atoms with Crippen LogP contribution in [0.25, 0.3) is 0 Å². The molecular formula is C12H28N4. The van der Waals surface area contributed by atoms with Gasteiger partial charge in [-0.25, -0.2) is 0 Å². The summed E-state index contributed by atoms with van der Waals surface area (Å²) in [6, 6.07) is 0. The van der Waals surface area contributed by atoms with Crippen molar-refractivity contribution in [2.45, 2.75) is 25.7 Å².